The lowest BCUT2D eigenvalue weighted by Gasteiger charge is -1.80. The van der Waals surface area contributed by atoms with Crippen molar-refractivity contribution in [1.82, 2.24) is 0 Å². The van der Waals surface area contributed by atoms with Crippen LogP contribution in [0.25, 0.3) is 0 Å². The maximum absolute atomic E-state index is 9.87. The minimum atomic E-state index is -1.06. The molecule has 0 bridgehead atoms. The van der Waals surface area contributed by atoms with Crippen molar-refractivity contribution >= 4 is 11.8 Å². The third-order valence-electron chi connectivity index (χ3n) is 0.400. The number of hydrogen-bond acceptors (Lipinski definition) is 3. The van der Waals surface area contributed by atoms with E-state index in [1.165, 1.54) is 6.92 Å². The van der Waals surface area contributed by atoms with Crippen molar-refractivity contribution in [3.05, 3.63) is 0 Å². The van der Waals surface area contributed by atoms with Crippen LogP contribution in [-0.4, -0.2) is 31.1 Å². The molecule has 0 aliphatic heterocycles. The van der Waals surface area contributed by atoms with Gasteiger partial charge in [-0.1, -0.05) is 0 Å². The Morgan fingerprint density at radius 1 is 1.40 bits per heavy atom. The summed E-state index contributed by atoms with van der Waals surface area (Å²) in [5.74, 6) is -1.37. The third kappa shape index (κ3) is 27.5. The molecule has 0 unspecified atom stereocenters. The second-order valence-electron chi connectivity index (χ2n) is 1.68. The summed E-state index contributed by atoms with van der Waals surface area (Å²) in [5, 5.41) is 7.86. The van der Waals surface area contributed by atoms with Crippen LogP contribution >= 0.6 is 0 Å². The number of carboxylic acids is 1. The summed E-state index contributed by atoms with van der Waals surface area (Å²) in [6.07, 6.45) is -0.361. The van der Waals surface area contributed by atoms with Gasteiger partial charge in [0.1, 0.15) is 12.2 Å². The highest BCUT2D eigenvalue weighted by Gasteiger charge is 1.98. The number of Topliss-reactive ketones (excluding diaryl/α,β-unsaturated/α-hetero) is 1. The summed E-state index contributed by atoms with van der Waals surface area (Å²) in [7, 11) is 3.25. The summed E-state index contributed by atoms with van der Waals surface area (Å²) < 4.78 is 4.25. The minimum absolute atomic E-state index is 0.312. The molecule has 0 saturated carbocycles. The number of carboxylic acid groups (broad SMARTS) is 1. The number of methoxy groups -OCH3 is 1. The van der Waals surface area contributed by atoms with Crippen molar-refractivity contribution in [1.29, 1.82) is 0 Å². The Labute approximate surface area is 59.8 Å². The van der Waals surface area contributed by atoms with E-state index in [4.69, 9.17) is 5.11 Å². The lowest BCUT2D eigenvalue weighted by atomic mass is 10.3. The normalized spacial score (nSPS) is 7.50. The maximum atomic E-state index is 9.87. The molecule has 0 aromatic heterocycles. The van der Waals surface area contributed by atoms with E-state index in [0.29, 0.717) is 0 Å². The number of ketones is 1. The van der Waals surface area contributed by atoms with Crippen LogP contribution in [0.3, 0.4) is 0 Å². The van der Waals surface area contributed by atoms with Crippen molar-refractivity contribution in [2.24, 2.45) is 0 Å². The van der Waals surface area contributed by atoms with E-state index in [9.17, 15) is 9.59 Å². The molecule has 0 radical (unpaired) electrons. The Bertz CT molecular complexity index is 96.3. The van der Waals surface area contributed by atoms with Gasteiger partial charge in [-0.25, -0.2) is 0 Å². The summed E-state index contributed by atoms with van der Waals surface area (Å²) >= 11 is 0. The van der Waals surface area contributed by atoms with Gasteiger partial charge in [0.05, 0.1) is 0 Å². The highest BCUT2D eigenvalue weighted by molar-refractivity contribution is 5.93. The Balaban J connectivity index is 0. The van der Waals surface area contributed by atoms with Gasteiger partial charge in [0.2, 0.25) is 0 Å². The fourth-order valence-electron chi connectivity index (χ4n) is 0.213. The molecule has 0 rings (SSSR count). The molecule has 0 aromatic rings. The summed E-state index contributed by atoms with van der Waals surface area (Å²) in [5.41, 5.74) is 0. The van der Waals surface area contributed by atoms with E-state index in [2.05, 4.69) is 4.74 Å². The standard InChI is InChI=1S/C4H6O3.C2H6O/c1-3(5)2-4(6)7;1-3-2/h2H2,1H3,(H,6,7);1-2H3. The molecule has 0 saturated heterocycles. The van der Waals surface area contributed by atoms with Crippen LogP contribution in [0, 0.1) is 0 Å². The number of carbonyl (C=O) groups excluding carboxylic acids is 1. The van der Waals surface area contributed by atoms with Gasteiger partial charge in [0.25, 0.3) is 0 Å². The third-order valence-corrected chi connectivity index (χ3v) is 0.400. The molecule has 0 fully saturated rings. The molecule has 10 heavy (non-hydrogen) atoms. The number of carbonyl (C=O) groups is 2. The molecule has 0 amide bonds. The zero-order valence-corrected chi connectivity index (χ0v) is 6.38. The van der Waals surface area contributed by atoms with Crippen molar-refractivity contribution in [3.63, 3.8) is 0 Å². The van der Waals surface area contributed by atoms with E-state index in [-0.39, 0.29) is 12.2 Å². The van der Waals surface area contributed by atoms with Crippen LogP contribution in [0.5, 0.6) is 0 Å². The SMILES string of the molecule is CC(=O)CC(=O)O.COC. The Morgan fingerprint density at radius 2 is 1.70 bits per heavy atom. The van der Waals surface area contributed by atoms with Crippen molar-refractivity contribution in [2.75, 3.05) is 14.2 Å². The molecule has 0 spiro atoms. The quantitative estimate of drug-likeness (QED) is 0.572. The van der Waals surface area contributed by atoms with Gasteiger partial charge >= 0.3 is 5.97 Å². The highest BCUT2D eigenvalue weighted by atomic mass is 16.4. The first-order valence-electron chi connectivity index (χ1n) is 2.66. The molecule has 0 aromatic carbocycles. The smallest absolute Gasteiger partial charge is 0.310 e. The number of rotatable bonds is 2. The summed E-state index contributed by atoms with van der Waals surface area (Å²) in [6, 6.07) is 0. The van der Waals surface area contributed by atoms with Crippen LogP contribution in [0.4, 0.5) is 0 Å². The number of aliphatic carboxylic acids is 1. The Kier molecular flexibility index (Phi) is 9.59. The van der Waals surface area contributed by atoms with Crippen LogP contribution in [-0.2, 0) is 14.3 Å². The van der Waals surface area contributed by atoms with Crippen LogP contribution in [0.2, 0.25) is 0 Å². The monoisotopic (exact) mass is 148 g/mol. The molecular formula is C6H12O4. The lowest BCUT2D eigenvalue weighted by Crippen LogP contribution is -2.00. The number of ether oxygens (including phenoxy) is 1. The van der Waals surface area contributed by atoms with Crippen molar-refractivity contribution < 1.29 is 19.4 Å². The zero-order valence-electron chi connectivity index (χ0n) is 6.38. The van der Waals surface area contributed by atoms with E-state index < -0.39 is 5.97 Å². The first-order valence-corrected chi connectivity index (χ1v) is 2.66. The first kappa shape index (κ1) is 11.8. The fraction of sp³-hybridized carbons (Fsp3) is 0.667. The molecule has 0 atom stereocenters. The molecule has 1 N–H and O–H groups in total. The van der Waals surface area contributed by atoms with Gasteiger partial charge in [-0.05, 0) is 6.92 Å². The van der Waals surface area contributed by atoms with E-state index >= 15 is 0 Å². The molecule has 4 heteroatoms. The molecule has 0 heterocycles. The Hall–Kier alpha value is -0.900. The largest absolute Gasteiger partial charge is 0.481 e. The topological polar surface area (TPSA) is 63.6 Å². The molecule has 4 nitrogen and oxygen atoms in total. The van der Waals surface area contributed by atoms with Gasteiger partial charge < -0.3 is 9.84 Å². The minimum Gasteiger partial charge on any atom is -0.481 e. The van der Waals surface area contributed by atoms with Crippen LogP contribution in [0.1, 0.15) is 13.3 Å². The highest BCUT2D eigenvalue weighted by Crippen LogP contribution is 1.77. The average Bonchev–Trinajstić information content (AvgIpc) is 1.62. The fourth-order valence-corrected chi connectivity index (χ4v) is 0.213. The molecule has 0 aliphatic carbocycles. The van der Waals surface area contributed by atoms with Gasteiger partial charge in [0.15, 0.2) is 0 Å². The van der Waals surface area contributed by atoms with E-state index in [1.54, 1.807) is 14.2 Å². The second-order valence-corrected chi connectivity index (χ2v) is 1.68. The van der Waals surface area contributed by atoms with E-state index in [0.717, 1.165) is 0 Å². The summed E-state index contributed by atoms with van der Waals surface area (Å²) in [6.45, 7) is 1.24. The maximum Gasteiger partial charge on any atom is 0.310 e. The Morgan fingerprint density at radius 3 is 1.70 bits per heavy atom. The van der Waals surface area contributed by atoms with Gasteiger partial charge in [-0.15, -0.1) is 0 Å². The average molecular weight is 148 g/mol. The van der Waals surface area contributed by atoms with Crippen molar-refractivity contribution in [2.45, 2.75) is 13.3 Å². The summed E-state index contributed by atoms with van der Waals surface area (Å²) in [4.78, 5) is 19.5. The number of hydrogen-bond donors (Lipinski definition) is 1. The van der Waals surface area contributed by atoms with Crippen molar-refractivity contribution in [3.8, 4) is 0 Å². The zero-order chi connectivity index (χ0) is 8.57. The first-order chi connectivity index (χ1) is 4.54. The molecular weight excluding hydrogens is 136 g/mol. The molecule has 60 valence electrons. The second kappa shape index (κ2) is 8.10. The van der Waals surface area contributed by atoms with E-state index in [1.807, 2.05) is 0 Å². The van der Waals surface area contributed by atoms with Crippen LogP contribution in [0.15, 0.2) is 0 Å². The lowest BCUT2D eigenvalue weighted by molar-refractivity contribution is -0.139. The van der Waals surface area contributed by atoms with Gasteiger partial charge in [0, 0.05) is 14.2 Å². The van der Waals surface area contributed by atoms with Gasteiger partial charge in [-0.3, -0.25) is 9.59 Å². The van der Waals surface area contributed by atoms with Gasteiger partial charge in [-0.2, -0.15) is 0 Å². The van der Waals surface area contributed by atoms with Crippen LogP contribution < -0.4 is 0 Å². The molecule has 0 aliphatic rings. The predicted molar refractivity (Wildman–Crippen MR) is 35.9 cm³/mol. The predicted octanol–water partition coefficient (Wildman–Crippen LogP) is 0.313.